The van der Waals surface area contributed by atoms with Gasteiger partial charge in [0.15, 0.2) is 0 Å². The van der Waals surface area contributed by atoms with Crippen LogP contribution in [0.2, 0.25) is 0 Å². The summed E-state index contributed by atoms with van der Waals surface area (Å²) in [6.45, 7) is 1.95. The molecule has 0 saturated carbocycles. The van der Waals surface area contributed by atoms with Gasteiger partial charge in [-0.15, -0.1) is 0 Å². The van der Waals surface area contributed by atoms with E-state index in [0.29, 0.717) is 6.42 Å². The molecule has 174 valence electrons. The van der Waals surface area contributed by atoms with Crippen LogP contribution in [0.3, 0.4) is 0 Å². The molecule has 0 aromatic rings. The van der Waals surface area contributed by atoms with Crippen molar-refractivity contribution >= 4 is 13.3 Å². The predicted octanol–water partition coefficient (Wildman–Crippen LogP) is 2.00. The maximum Gasteiger partial charge on any atom is 0.631 e. The standard InChI is InChI=1S/C18H34O3.C2H6O2.BH3O3/c1-2-3-4-11-14-17(19)15-12-9-7-5-6-8-10-13-16-18(20)21;3-1-2-4;2-1(3)4/h9,12,17,19H,2-8,10-11,13-16H2,1H3,(H,20,21);3-4H,1-2H2;2-4H/b12-9-;;. The Hall–Kier alpha value is -0.965. The fraction of sp³-hybridized carbons (Fsp3) is 0.850. The Labute approximate surface area is 176 Å². The molecule has 0 radical (unpaired) electrons. The molecule has 8 nitrogen and oxygen atoms in total. The van der Waals surface area contributed by atoms with Crippen molar-refractivity contribution in [3.8, 4) is 0 Å². The Bertz CT molecular complexity index is 336. The van der Waals surface area contributed by atoms with E-state index < -0.39 is 13.3 Å². The molecule has 0 heterocycles. The second-order valence-corrected chi connectivity index (χ2v) is 6.70. The SMILES string of the molecule is CCCCCCC(O)C/C=C\CCCCCCCC(=O)O.OB(O)O.OCCO. The first-order chi connectivity index (χ1) is 13.8. The van der Waals surface area contributed by atoms with Crippen LogP contribution in [0.1, 0.15) is 90.4 Å². The number of allylic oxidation sites excluding steroid dienone is 1. The van der Waals surface area contributed by atoms with Gasteiger partial charge in [0.2, 0.25) is 0 Å². The van der Waals surface area contributed by atoms with E-state index >= 15 is 0 Å². The van der Waals surface area contributed by atoms with E-state index in [2.05, 4.69) is 19.1 Å². The highest BCUT2D eigenvalue weighted by molar-refractivity contribution is 6.30. The zero-order valence-electron chi connectivity index (χ0n) is 18.0. The Morgan fingerprint density at radius 2 is 1.38 bits per heavy atom. The van der Waals surface area contributed by atoms with Crippen LogP contribution in [-0.4, -0.2) is 68.1 Å². The number of unbranched alkanes of at least 4 members (excludes halogenated alkanes) is 8. The number of aliphatic hydroxyl groups excluding tert-OH is 3. The van der Waals surface area contributed by atoms with Crippen molar-refractivity contribution in [2.75, 3.05) is 13.2 Å². The van der Waals surface area contributed by atoms with Crippen LogP contribution in [-0.2, 0) is 4.79 Å². The molecule has 7 N–H and O–H groups in total. The van der Waals surface area contributed by atoms with Crippen LogP contribution >= 0.6 is 0 Å². The molecule has 9 heteroatoms. The first kappa shape index (κ1) is 32.7. The van der Waals surface area contributed by atoms with Crippen molar-refractivity contribution in [2.45, 2.75) is 96.5 Å². The summed E-state index contributed by atoms with van der Waals surface area (Å²) in [4.78, 5) is 10.3. The molecule has 0 aromatic carbocycles. The topological polar surface area (TPSA) is 159 Å². The Balaban J connectivity index is -0.000000712. The molecular formula is C20H43BO8. The maximum absolute atomic E-state index is 10.3. The minimum atomic E-state index is -2.17. The third kappa shape index (κ3) is 46.8. The van der Waals surface area contributed by atoms with E-state index in [1.807, 2.05) is 0 Å². The average Bonchev–Trinajstić information content (AvgIpc) is 2.66. The normalized spacial score (nSPS) is 11.3. The van der Waals surface area contributed by atoms with Crippen molar-refractivity contribution in [3.05, 3.63) is 12.2 Å². The summed E-state index contributed by atoms with van der Waals surface area (Å²) in [6.07, 6.45) is 17.4. The third-order valence-corrected chi connectivity index (χ3v) is 3.83. The molecule has 1 unspecified atom stereocenters. The van der Waals surface area contributed by atoms with Gasteiger partial charge in [-0.2, -0.15) is 0 Å². The van der Waals surface area contributed by atoms with Crippen LogP contribution in [0.5, 0.6) is 0 Å². The molecule has 0 aliphatic heterocycles. The smallest absolute Gasteiger partial charge is 0.481 e. The number of hydrogen-bond donors (Lipinski definition) is 7. The van der Waals surface area contributed by atoms with Gasteiger partial charge in [0, 0.05) is 6.42 Å². The number of hydrogen-bond acceptors (Lipinski definition) is 7. The molecule has 0 rings (SSSR count). The van der Waals surface area contributed by atoms with Gasteiger partial charge in [-0.1, -0.05) is 64.0 Å². The molecule has 0 fully saturated rings. The summed E-state index contributed by atoms with van der Waals surface area (Å²) < 4.78 is 0. The lowest BCUT2D eigenvalue weighted by Gasteiger charge is -2.07. The average molecular weight is 422 g/mol. The zero-order valence-corrected chi connectivity index (χ0v) is 18.0. The first-order valence-corrected chi connectivity index (χ1v) is 10.6. The van der Waals surface area contributed by atoms with Gasteiger partial charge in [0.05, 0.1) is 19.3 Å². The molecule has 29 heavy (non-hydrogen) atoms. The number of aliphatic hydroxyl groups is 3. The van der Waals surface area contributed by atoms with Gasteiger partial charge in [0.1, 0.15) is 0 Å². The second-order valence-electron chi connectivity index (χ2n) is 6.70. The Kier molecular flexibility index (Phi) is 33.0. The molecule has 0 aliphatic carbocycles. The number of carbonyl (C=O) groups is 1. The van der Waals surface area contributed by atoms with Gasteiger partial charge in [-0.3, -0.25) is 4.79 Å². The van der Waals surface area contributed by atoms with Gasteiger partial charge in [0.25, 0.3) is 0 Å². The summed E-state index contributed by atoms with van der Waals surface area (Å²) >= 11 is 0. The van der Waals surface area contributed by atoms with Crippen molar-refractivity contribution in [3.63, 3.8) is 0 Å². The molecule has 0 aliphatic rings. The van der Waals surface area contributed by atoms with E-state index in [1.165, 1.54) is 25.7 Å². The highest BCUT2D eigenvalue weighted by Crippen LogP contribution is 2.10. The van der Waals surface area contributed by atoms with Crippen molar-refractivity contribution in [1.29, 1.82) is 0 Å². The number of carboxylic acid groups (broad SMARTS) is 1. The third-order valence-electron chi connectivity index (χ3n) is 3.83. The summed E-state index contributed by atoms with van der Waals surface area (Å²) in [5.74, 6) is -0.689. The summed E-state index contributed by atoms with van der Waals surface area (Å²) in [7, 11) is -2.17. The molecule has 0 aromatic heterocycles. The van der Waals surface area contributed by atoms with Crippen molar-refractivity contribution in [1.82, 2.24) is 0 Å². The van der Waals surface area contributed by atoms with E-state index in [9.17, 15) is 9.90 Å². The molecule has 1 atom stereocenters. The molecule has 0 saturated heterocycles. The molecule has 0 spiro atoms. The quantitative estimate of drug-likeness (QED) is 0.113. The van der Waals surface area contributed by atoms with E-state index in [4.69, 9.17) is 30.4 Å². The predicted molar refractivity (Wildman–Crippen MR) is 115 cm³/mol. The van der Waals surface area contributed by atoms with Gasteiger partial charge < -0.3 is 35.5 Å². The molecular weight excluding hydrogens is 379 g/mol. The largest absolute Gasteiger partial charge is 0.631 e. The highest BCUT2D eigenvalue weighted by atomic mass is 16.5. The minimum absolute atomic E-state index is 0.125. The first-order valence-electron chi connectivity index (χ1n) is 10.6. The molecule has 0 bridgehead atoms. The van der Waals surface area contributed by atoms with Gasteiger partial charge in [-0.25, -0.2) is 0 Å². The monoisotopic (exact) mass is 422 g/mol. The zero-order chi connectivity index (χ0) is 22.8. The number of rotatable bonds is 16. The number of aliphatic carboxylic acids is 1. The highest BCUT2D eigenvalue weighted by Gasteiger charge is 2.00. The van der Waals surface area contributed by atoms with Crippen molar-refractivity contribution < 1.29 is 40.3 Å². The molecule has 0 amide bonds. The van der Waals surface area contributed by atoms with E-state index in [-0.39, 0.29) is 19.3 Å². The number of carboxylic acids is 1. The lowest BCUT2D eigenvalue weighted by atomic mass is 10.1. The lowest BCUT2D eigenvalue weighted by Crippen LogP contribution is -2.07. The Morgan fingerprint density at radius 3 is 1.90 bits per heavy atom. The van der Waals surface area contributed by atoms with Crippen LogP contribution in [0.4, 0.5) is 0 Å². The van der Waals surface area contributed by atoms with E-state index in [0.717, 1.165) is 51.4 Å². The second kappa shape index (κ2) is 29.2. The minimum Gasteiger partial charge on any atom is -0.481 e. The Morgan fingerprint density at radius 1 is 0.862 bits per heavy atom. The van der Waals surface area contributed by atoms with Crippen LogP contribution in [0, 0.1) is 0 Å². The fourth-order valence-corrected chi connectivity index (χ4v) is 2.36. The van der Waals surface area contributed by atoms with Crippen LogP contribution in [0.15, 0.2) is 12.2 Å². The van der Waals surface area contributed by atoms with Crippen LogP contribution in [0.25, 0.3) is 0 Å². The maximum atomic E-state index is 10.3. The van der Waals surface area contributed by atoms with Crippen molar-refractivity contribution in [2.24, 2.45) is 0 Å². The summed E-state index contributed by atoms with van der Waals surface area (Å²) in [6, 6.07) is 0. The summed E-state index contributed by atoms with van der Waals surface area (Å²) in [5.41, 5.74) is 0. The van der Waals surface area contributed by atoms with E-state index in [1.54, 1.807) is 0 Å². The van der Waals surface area contributed by atoms with Gasteiger partial charge >= 0.3 is 13.3 Å². The van der Waals surface area contributed by atoms with Gasteiger partial charge in [-0.05, 0) is 32.1 Å². The summed E-state index contributed by atoms with van der Waals surface area (Å²) in [5, 5.41) is 55.1. The van der Waals surface area contributed by atoms with Crippen LogP contribution < -0.4 is 0 Å². The lowest BCUT2D eigenvalue weighted by molar-refractivity contribution is -0.137. The fourth-order valence-electron chi connectivity index (χ4n) is 2.36.